The van der Waals surface area contributed by atoms with Crippen LogP contribution in [0.15, 0.2) is 35.3 Å². The van der Waals surface area contributed by atoms with Crippen LogP contribution in [0.5, 0.6) is 0 Å². The molecule has 0 saturated carbocycles. The lowest BCUT2D eigenvalue weighted by Crippen LogP contribution is -2.33. The first kappa shape index (κ1) is 15.2. The summed E-state index contributed by atoms with van der Waals surface area (Å²) in [6, 6.07) is 6.80. The van der Waals surface area contributed by atoms with E-state index in [1.807, 2.05) is 6.07 Å². The summed E-state index contributed by atoms with van der Waals surface area (Å²) in [4.78, 5) is 28.0. The van der Waals surface area contributed by atoms with E-state index in [-0.39, 0.29) is 11.5 Å². The van der Waals surface area contributed by atoms with E-state index in [0.717, 1.165) is 24.6 Å². The molecule has 0 aromatic carbocycles. The van der Waals surface area contributed by atoms with Crippen LogP contribution in [0.2, 0.25) is 0 Å². The second-order valence-electron chi connectivity index (χ2n) is 5.12. The topological polar surface area (TPSA) is 64.0 Å². The third kappa shape index (κ3) is 4.15. The number of amides is 1. The van der Waals surface area contributed by atoms with Crippen molar-refractivity contribution in [3.05, 3.63) is 40.8 Å². The predicted molar refractivity (Wildman–Crippen MR) is 83.7 cm³/mol. The molecule has 5 nitrogen and oxygen atoms in total. The standard InChI is InChI=1S/C16H21N3O2/c1-2-3-4-5-6-9-14(20)18-19-15(21)11-10-13-8-7-12-17-16(13)19/h7-8,10-12H,2-6,9H2,1H3,(H,18,20). The molecular formula is C16H21N3O2. The van der Waals surface area contributed by atoms with Crippen molar-refractivity contribution in [2.75, 3.05) is 5.43 Å². The smallest absolute Gasteiger partial charge is 0.271 e. The highest BCUT2D eigenvalue weighted by Crippen LogP contribution is 2.08. The number of carbonyl (C=O) groups is 1. The number of aromatic nitrogens is 2. The Morgan fingerprint density at radius 1 is 1.19 bits per heavy atom. The Balaban J connectivity index is 2.01. The summed E-state index contributed by atoms with van der Waals surface area (Å²) in [5.74, 6) is -0.147. The van der Waals surface area contributed by atoms with E-state index in [9.17, 15) is 9.59 Å². The third-order valence-electron chi connectivity index (χ3n) is 3.40. The molecule has 0 saturated heterocycles. The number of nitrogens with zero attached hydrogens (tertiary/aromatic N) is 2. The van der Waals surface area contributed by atoms with Gasteiger partial charge >= 0.3 is 0 Å². The maximum atomic E-state index is 11.9. The number of carbonyl (C=O) groups excluding carboxylic acids is 1. The molecule has 0 unspecified atom stereocenters. The van der Waals surface area contributed by atoms with Gasteiger partial charge in [0.1, 0.15) is 0 Å². The van der Waals surface area contributed by atoms with Crippen LogP contribution >= 0.6 is 0 Å². The molecule has 2 aromatic rings. The van der Waals surface area contributed by atoms with Gasteiger partial charge in [-0.3, -0.25) is 15.0 Å². The van der Waals surface area contributed by atoms with Gasteiger partial charge < -0.3 is 0 Å². The first-order valence-electron chi connectivity index (χ1n) is 7.49. The Kier molecular flexibility index (Phi) is 5.49. The van der Waals surface area contributed by atoms with Crippen LogP contribution in [-0.4, -0.2) is 15.6 Å². The van der Waals surface area contributed by atoms with E-state index in [2.05, 4.69) is 17.3 Å². The fourth-order valence-electron chi connectivity index (χ4n) is 2.24. The molecule has 21 heavy (non-hydrogen) atoms. The number of fused-ring (bicyclic) bond motifs is 1. The van der Waals surface area contributed by atoms with Crippen LogP contribution in [-0.2, 0) is 4.79 Å². The van der Waals surface area contributed by atoms with E-state index in [4.69, 9.17) is 0 Å². The van der Waals surface area contributed by atoms with Crippen LogP contribution in [0.4, 0.5) is 0 Å². The van der Waals surface area contributed by atoms with Gasteiger partial charge in [-0.2, -0.15) is 4.68 Å². The van der Waals surface area contributed by atoms with E-state index < -0.39 is 0 Å². The second-order valence-corrected chi connectivity index (χ2v) is 5.12. The van der Waals surface area contributed by atoms with Crippen molar-refractivity contribution in [3.63, 3.8) is 0 Å². The number of nitrogens with one attached hydrogen (secondary N) is 1. The van der Waals surface area contributed by atoms with Gasteiger partial charge in [0.05, 0.1) is 0 Å². The van der Waals surface area contributed by atoms with Crippen molar-refractivity contribution in [3.8, 4) is 0 Å². The van der Waals surface area contributed by atoms with Crippen molar-refractivity contribution in [2.45, 2.75) is 45.4 Å². The van der Waals surface area contributed by atoms with Gasteiger partial charge in [0.15, 0.2) is 5.65 Å². The second kappa shape index (κ2) is 7.57. The summed E-state index contributed by atoms with van der Waals surface area (Å²) in [7, 11) is 0. The van der Waals surface area contributed by atoms with E-state index in [1.54, 1.807) is 18.3 Å². The van der Waals surface area contributed by atoms with Gasteiger partial charge in [0.2, 0.25) is 5.91 Å². The first-order valence-corrected chi connectivity index (χ1v) is 7.49. The first-order chi connectivity index (χ1) is 10.2. The minimum Gasteiger partial charge on any atom is -0.273 e. The Labute approximate surface area is 124 Å². The zero-order chi connectivity index (χ0) is 15.1. The van der Waals surface area contributed by atoms with Crippen LogP contribution in [0.25, 0.3) is 11.0 Å². The van der Waals surface area contributed by atoms with Gasteiger partial charge in [-0.05, 0) is 24.6 Å². The molecule has 0 fully saturated rings. The highest BCUT2D eigenvalue weighted by atomic mass is 16.2. The minimum absolute atomic E-state index is 0.147. The fourth-order valence-corrected chi connectivity index (χ4v) is 2.24. The molecule has 0 aliphatic rings. The average molecular weight is 287 g/mol. The van der Waals surface area contributed by atoms with Gasteiger partial charge in [-0.25, -0.2) is 4.98 Å². The maximum absolute atomic E-state index is 11.9. The molecule has 2 heterocycles. The highest BCUT2D eigenvalue weighted by molar-refractivity contribution is 5.85. The summed E-state index contributed by atoms with van der Waals surface area (Å²) in [6.07, 6.45) is 7.47. The summed E-state index contributed by atoms with van der Waals surface area (Å²) in [6.45, 7) is 2.16. The lowest BCUT2D eigenvalue weighted by molar-refractivity contribution is -0.117. The highest BCUT2D eigenvalue weighted by Gasteiger charge is 2.07. The van der Waals surface area contributed by atoms with E-state index >= 15 is 0 Å². The number of hydrogen-bond acceptors (Lipinski definition) is 3. The molecule has 0 spiro atoms. The number of rotatable bonds is 7. The van der Waals surface area contributed by atoms with Crippen LogP contribution in [0, 0.1) is 0 Å². The van der Waals surface area contributed by atoms with Crippen LogP contribution < -0.4 is 11.0 Å². The number of hydrogen-bond donors (Lipinski definition) is 1. The largest absolute Gasteiger partial charge is 0.273 e. The minimum atomic E-state index is -0.277. The molecule has 0 aliphatic carbocycles. The maximum Gasteiger partial charge on any atom is 0.271 e. The summed E-state index contributed by atoms with van der Waals surface area (Å²) in [5, 5.41) is 0.820. The van der Waals surface area contributed by atoms with Crippen molar-refractivity contribution in [2.24, 2.45) is 0 Å². The van der Waals surface area contributed by atoms with Gasteiger partial charge in [-0.1, -0.05) is 32.6 Å². The van der Waals surface area contributed by atoms with Crippen molar-refractivity contribution in [1.29, 1.82) is 0 Å². The van der Waals surface area contributed by atoms with Crippen LogP contribution in [0.1, 0.15) is 45.4 Å². The fraction of sp³-hybridized carbons (Fsp3) is 0.438. The number of unbranched alkanes of at least 4 members (excludes halogenated alkanes) is 4. The average Bonchev–Trinajstić information content (AvgIpc) is 2.50. The van der Waals surface area contributed by atoms with Gasteiger partial charge in [0, 0.05) is 24.1 Å². The monoisotopic (exact) mass is 287 g/mol. The SMILES string of the molecule is CCCCCCCC(=O)Nn1c(=O)ccc2cccnc21. The molecule has 0 radical (unpaired) electrons. The van der Waals surface area contributed by atoms with E-state index in [1.165, 1.54) is 23.6 Å². The molecule has 2 aromatic heterocycles. The molecule has 2 rings (SSSR count). The zero-order valence-corrected chi connectivity index (χ0v) is 12.3. The molecule has 0 atom stereocenters. The lowest BCUT2D eigenvalue weighted by Gasteiger charge is -2.10. The Morgan fingerprint density at radius 3 is 2.81 bits per heavy atom. The molecule has 0 aliphatic heterocycles. The molecule has 5 heteroatoms. The molecule has 1 amide bonds. The zero-order valence-electron chi connectivity index (χ0n) is 12.3. The molecule has 1 N–H and O–H groups in total. The normalized spacial score (nSPS) is 10.7. The number of pyridine rings is 2. The quantitative estimate of drug-likeness (QED) is 0.796. The summed E-state index contributed by atoms with van der Waals surface area (Å²) >= 11 is 0. The Bertz CT molecular complexity index is 664. The lowest BCUT2D eigenvalue weighted by atomic mass is 10.1. The van der Waals surface area contributed by atoms with Gasteiger partial charge in [0.25, 0.3) is 5.56 Å². The summed E-state index contributed by atoms with van der Waals surface area (Å²) < 4.78 is 1.23. The van der Waals surface area contributed by atoms with Crippen molar-refractivity contribution >= 4 is 16.9 Å². The molecular weight excluding hydrogens is 266 g/mol. The van der Waals surface area contributed by atoms with Crippen LogP contribution in [0.3, 0.4) is 0 Å². The predicted octanol–water partition coefficient (Wildman–Crippen LogP) is 2.83. The van der Waals surface area contributed by atoms with Crippen molar-refractivity contribution in [1.82, 2.24) is 9.66 Å². The van der Waals surface area contributed by atoms with Gasteiger partial charge in [-0.15, -0.1) is 0 Å². The Hall–Kier alpha value is -2.17. The summed E-state index contributed by atoms with van der Waals surface area (Å²) in [5.41, 5.74) is 2.85. The third-order valence-corrected chi connectivity index (χ3v) is 3.40. The molecule has 0 bridgehead atoms. The molecule has 112 valence electrons. The Morgan fingerprint density at radius 2 is 2.00 bits per heavy atom. The van der Waals surface area contributed by atoms with E-state index in [0.29, 0.717) is 12.1 Å². The van der Waals surface area contributed by atoms with Crippen molar-refractivity contribution < 1.29 is 4.79 Å².